The Hall–Kier alpha value is -1.04. The SMILES string of the molecule is NC1=NCC(c2cc(Br)c(Cl)s2)N1Cc1ccccc1. The Morgan fingerprint density at radius 2 is 2.15 bits per heavy atom. The maximum atomic E-state index is 6.14. The summed E-state index contributed by atoms with van der Waals surface area (Å²) >= 11 is 11.2. The van der Waals surface area contributed by atoms with E-state index in [1.807, 2.05) is 18.2 Å². The van der Waals surface area contributed by atoms with Gasteiger partial charge in [-0.3, -0.25) is 4.99 Å². The first-order chi connectivity index (χ1) is 9.65. The fourth-order valence-corrected chi connectivity index (χ4v) is 4.11. The van der Waals surface area contributed by atoms with Gasteiger partial charge < -0.3 is 10.6 Å². The minimum absolute atomic E-state index is 0.170. The second-order valence-corrected chi connectivity index (χ2v) is 7.14. The summed E-state index contributed by atoms with van der Waals surface area (Å²) < 4.78 is 1.70. The molecule has 0 fully saturated rings. The molecule has 1 aromatic heterocycles. The van der Waals surface area contributed by atoms with Crippen molar-refractivity contribution in [2.24, 2.45) is 10.7 Å². The molecule has 6 heteroatoms. The van der Waals surface area contributed by atoms with Crippen molar-refractivity contribution in [3.05, 3.63) is 55.6 Å². The highest BCUT2D eigenvalue weighted by molar-refractivity contribution is 9.10. The van der Waals surface area contributed by atoms with Gasteiger partial charge in [0.2, 0.25) is 0 Å². The van der Waals surface area contributed by atoms with Crippen molar-refractivity contribution in [3.8, 4) is 0 Å². The van der Waals surface area contributed by atoms with Gasteiger partial charge in [0.05, 0.1) is 12.6 Å². The normalized spacial score (nSPS) is 18.4. The fraction of sp³-hybridized carbons (Fsp3) is 0.214. The van der Waals surface area contributed by atoms with Crippen LogP contribution >= 0.6 is 38.9 Å². The lowest BCUT2D eigenvalue weighted by atomic mass is 10.1. The Kier molecular flexibility index (Phi) is 4.01. The van der Waals surface area contributed by atoms with Crippen molar-refractivity contribution in [3.63, 3.8) is 0 Å². The smallest absolute Gasteiger partial charge is 0.192 e. The van der Waals surface area contributed by atoms with Gasteiger partial charge in [0.25, 0.3) is 0 Å². The van der Waals surface area contributed by atoms with Crippen LogP contribution in [-0.4, -0.2) is 17.4 Å². The molecular formula is C14H13BrClN3S. The number of guanidine groups is 1. The summed E-state index contributed by atoms with van der Waals surface area (Å²) in [7, 11) is 0. The molecule has 2 aromatic rings. The van der Waals surface area contributed by atoms with Gasteiger partial charge in [-0.05, 0) is 27.6 Å². The van der Waals surface area contributed by atoms with E-state index in [1.54, 1.807) is 11.3 Å². The molecule has 3 nitrogen and oxygen atoms in total. The van der Waals surface area contributed by atoms with Crippen LogP contribution in [-0.2, 0) is 6.54 Å². The number of hydrogen-bond donors (Lipinski definition) is 1. The van der Waals surface area contributed by atoms with Gasteiger partial charge in [0.15, 0.2) is 5.96 Å². The monoisotopic (exact) mass is 369 g/mol. The van der Waals surface area contributed by atoms with Crippen LogP contribution in [0.4, 0.5) is 0 Å². The Bertz CT molecular complexity index is 622. The molecule has 0 radical (unpaired) electrons. The number of benzene rings is 1. The maximum absolute atomic E-state index is 6.14. The van der Waals surface area contributed by atoms with E-state index >= 15 is 0 Å². The minimum atomic E-state index is 0.170. The molecular weight excluding hydrogens is 358 g/mol. The van der Waals surface area contributed by atoms with Crippen molar-refractivity contribution < 1.29 is 0 Å². The highest BCUT2D eigenvalue weighted by atomic mass is 79.9. The Morgan fingerprint density at radius 1 is 1.40 bits per heavy atom. The Morgan fingerprint density at radius 3 is 2.80 bits per heavy atom. The van der Waals surface area contributed by atoms with Gasteiger partial charge in [-0.15, -0.1) is 11.3 Å². The lowest BCUT2D eigenvalue weighted by Crippen LogP contribution is -2.35. The zero-order valence-corrected chi connectivity index (χ0v) is 13.8. The zero-order chi connectivity index (χ0) is 14.1. The number of nitrogens with zero attached hydrogens (tertiary/aromatic N) is 2. The Labute approximate surface area is 135 Å². The van der Waals surface area contributed by atoms with E-state index < -0.39 is 0 Å². The molecule has 1 aromatic carbocycles. The largest absolute Gasteiger partial charge is 0.370 e. The first-order valence-corrected chi connectivity index (χ1v) is 8.19. The average molecular weight is 371 g/mol. The first-order valence-electron chi connectivity index (χ1n) is 6.20. The lowest BCUT2D eigenvalue weighted by Gasteiger charge is -2.25. The summed E-state index contributed by atoms with van der Waals surface area (Å²) in [6.45, 7) is 1.44. The highest BCUT2D eigenvalue weighted by Crippen LogP contribution is 2.39. The summed E-state index contributed by atoms with van der Waals surface area (Å²) in [5.74, 6) is 0.597. The van der Waals surface area contributed by atoms with Crippen LogP contribution in [0.25, 0.3) is 0 Å². The molecule has 1 unspecified atom stereocenters. The molecule has 0 amide bonds. The number of halogens is 2. The molecule has 0 saturated carbocycles. The minimum Gasteiger partial charge on any atom is -0.370 e. The number of thiophene rings is 1. The zero-order valence-electron chi connectivity index (χ0n) is 10.6. The van der Waals surface area contributed by atoms with E-state index in [0.717, 1.165) is 15.4 Å². The third-order valence-corrected chi connectivity index (χ3v) is 5.86. The fourth-order valence-electron chi connectivity index (χ4n) is 2.27. The van der Waals surface area contributed by atoms with Gasteiger partial charge in [-0.25, -0.2) is 0 Å². The van der Waals surface area contributed by atoms with Crippen LogP contribution in [0.5, 0.6) is 0 Å². The van der Waals surface area contributed by atoms with E-state index in [0.29, 0.717) is 12.5 Å². The van der Waals surface area contributed by atoms with Gasteiger partial charge >= 0.3 is 0 Å². The number of rotatable bonds is 3. The quantitative estimate of drug-likeness (QED) is 0.886. The van der Waals surface area contributed by atoms with Crippen LogP contribution < -0.4 is 5.73 Å². The molecule has 1 aliphatic heterocycles. The van der Waals surface area contributed by atoms with E-state index in [-0.39, 0.29) is 6.04 Å². The molecule has 1 atom stereocenters. The summed E-state index contributed by atoms with van der Waals surface area (Å²) in [5, 5.41) is 0. The van der Waals surface area contributed by atoms with Crippen LogP contribution in [0, 0.1) is 0 Å². The predicted octanol–water partition coefficient (Wildman–Crippen LogP) is 4.04. The molecule has 0 saturated heterocycles. The van der Waals surface area contributed by atoms with Crippen molar-refractivity contribution in [1.82, 2.24) is 4.90 Å². The van der Waals surface area contributed by atoms with E-state index in [4.69, 9.17) is 17.3 Å². The summed E-state index contributed by atoms with van der Waals surface area (Å²) in [6, 6.07) is 12.5. The van der Waals surface area contributed by atoms with Crippen molar-refractivity contribution in [2.75, 3.05) is 6.54 Å². The van der Waals surface area contributed by atoms with Crippen LogP contribution in [0.3, 0.4) is 0 Å². The van der Waals surface area contributed by atoms with Crippen molar-refractivity contribution in [2.45, 2.75) is 12.6 Å². The number of hydrogen-bond acceptors (Lipinski definition) is 4. The molecule has 2 N–H and O–H groups in total. The standard InChI is InChI=1S/C14H13BrClN3S/c15-10-6-12(20-13(10)16)11-7-18-14(17)19(11)8-9-4-2-1-3-5-9/h1-6,11H,7-8H2,(H2,17,18). The second kappa shape index (κ2) is 5.76. The molecule has 2 heterocycles. The molecule has 0 spiro atoms. The lowest BCUT2D eigenvalue weighted by molar-refractivity contribution is 0.344. The van der Waals surface area contributed by atoms with Crippen LogP contribution in [0.2, 0.25) is 4.34 Å². The first kappa shape index (κ1) is 13.9. The molecule has 104 valence electrons. The highest BCUT2D eigenvalue weighted by Gasteiger charge is 2.29. The maximum Gasteiger partial charge on any atom is 0.192 e. The third-order valence-electron chi connectivity index (χ3n) is 3.29. The molecule has 1 aliphatic rings. The van der Waals surface area contributed by atoms with Crippen molar-refractivity contribution in [1.29, 1.82) is 0 Å². The molecule has 20 heavy (non-hydrogen) atoms. The Balaban J connectivity index is 1.85. The molecule has 0 bridgehead atoms. The topological polar surface area (TPSA) is 41.6 Å². The molecule has 0 aliphatic carbocycles. The van der Waals surface area contributed by atoms with Crippen LogP contribution in [0.1, 0.15) is 16.5 Å². The second-order valence-electron chi connectivity index (χ2n) is 4.60. The van der Waals surface area contributed by atoms with Crippen LogP contribution in [0.15, 0.2) is 45.9 Å². The summed E-state index contributed by atoms with van der Waals surface area (Å²) in [6.07, 6.45) is 0. The van der Waals surface area contributed by atoms with Gasteiger partial charge in [0.1, 0.15) is 4.34 Å². The van der Waals surface area contributed by atoms with E-state index in [9.17, 15) is 0 Å². The van der Waals surface area contributed by atoms with E-state index in [2.05, 4.69) is 44.0 Å². The summed E-state index contributed by atoms with van der Waals surface area (Å²) in [5.41, 5.74) is 7.26. The van der Waals surface area contributed by atoms with Gasteiger partial charge in [0, 0.05) is 15.9 Å². The van der Waals surface area contributed by atoms with Crippen molar-refractivity contribution >= 4 is 44.8 Å². The third kappa shape index (κ3) is 2.71. The number of nitrogens with two attached hydrogens (primary N) is 1. The predicted molar refractivity (Wildman–Crippen MR) is 88.2 cm³/mol. The number of aliphatic imine (C=N–C) groups is 1. The van der Waals surface area contributed by atoms with Gasteiger partial charge in [-0.2, -0.15) is 0 Å². The summed E-state index contributed by atoms with van der Waals surface area (Å²) in [4.78, 5) is 7.69. The average Bonchev–Trinajstić information content (AvgIpc) is 2.96. The van der Waals surface area contributed by atoms with E-state index in [1.165, 1.54) is 10.4 Å². The van der Waals surface area contributed by atoms with Gasteiger partial charge in [-0.1, -0.05) is 41.9 Å². The molecule has 3 rings (SSSR count).